The van der Waals surface area contributed by atoms with Crippen molar-refractivity contribution in [1.29, 1.82) is 0 Å². The Morgan fingerprint density at radius 3 is 1.65 bits per heavy atom. The summed E-state index contributed by atoms with van der Waals surface area (Å²) in [5, 5.41) is 17.5. The quantitative estimate of drug-likeness (QED) is 0.356. The van der Waals surface area contributed by atoms with E-state index in [-0.39, 0.29) is 0 Å². The van der Waals surface area contributed by atoms with Gasteiger partial charge in [-0.05, 0) is 39.3 Å². The minimum Gasteiger partial charge on any atom is -0.427 e. The second kappa shape index (κ2) is 15.3. The summed E-state index contributed by atoms with van der Waals surface area (Å²) in [5.41, 5.74) is 0. The van der Waals surface area contributed by atoms with Gasteiger partial charge in [-0.25, -0.2) is 0 Å². The summed E-state index contributed by atoms with van der Waals surface area (Å²) in [6, 6.07) is 0. The van der Waals surface area contributed by atoms with Crippen LogP contribution < -0.4 is 0 Å². The Bertz CT molecular complexity index is 191. The van der Waals surface area contributed by atoms with E-state index in [9.17, 15) is 0 Å². The smallest absolute Gasteiger partial charge is 0.427 e. The van der Waals surface area contributed by atoms with Crippen LogP contribution in [-0.4, -0.2) is 42.2 Å². The molecule has 3 nitrogen and oxygen atoms in total. The SMILES string of the molecule is CCCCCCCCCCCCN(C)CCCB(O)O. The van der Waals surface area contributed by atoms with E-state index >= 15 is 0 Å². The van der Waals surface area contributed by atoms with Crippen molar-refractivity contribution in [2.45, 2.75) is 83.9 Å². The minimum atomic E-state index is -1.14. The Hall–Kier alpha value is -0.0551. The molecule has 0 aliphatic carbocycles. The molecule has 0 aromatic heterocycles. The summed E-state index contributed by atoms with van der Waals surface area (Å²) in [4.78, 5) is 2.30. The van der Waals surface area contributed by atoms with Crippen LogP contribution in [0.2, 0.25) is 6.32 Å². The molecule has 0 amide bonds. The van der Waals surface area contributed by atoms with E-state index in [2.05, 4.69) is 18.9 Å². The van der Waals surface area contributed by atoms with Crippen molar-refractivity contribution in [3.8, 4) is 0 Å². The highest BCUT2D eigenvalue weighted by Gasteiger charge is 2.06. The number of unbranched alkanes of at least 4 members (excludes halogenated alkanes) is 9. The molecule has 0 heterocycles. The van der Waals surface area contributed by atoms with Crippen LogP contribution >= 0.6 is 0 Å². The lowest BCUT2D eigenvalue weighted by atomic mass is 9.84. The van der Waals surface area contributed by atoms with E-state index in [1.807, 2.05) is 0 Å². The Kier molecular flexibility index (Phi) is 15.3. The fourth-order valence-corrected chi connectivity index (χ4v) is 2.52. The second-order valence-electron chi connectivity index (χ2n) is 6.11. The van der Waals surface area contributed by atoms with Crippen LogP contribution in [0.3, 0.4) is 0 Å². The maximum absolute atomic E-state index is 8.77. The fourth-order valence-electron chi connectivity index (χ4n) is 2.52. The summed E-state index contributed by atoms with van der Waals surface area (Å²) in [7, 11) is 0.984. The highest BCUT2D eigenvalue weighted by molar-refractivity contribution is 6.40. The highest BCUT2D eigenvalue weighted by Crippen LogP contribution is 2.10. The first-order valence-corrected chi connectivity index (χ1v) is 8.71. The molecule has 4 heteroatoms. The molecule has 2 N–H and O–H groups in total. The van der Waals surface area contributed by atoms with Gasteiger partial charge in [-0.15, -0.1) is 0 Å². The molecule has 0 fully saturated rings. The summed E-state index contributed by atoms with van der Waals surface area (Å²) >= 11 is 0. The van der Waals surface area contributed by atoms with Crippen molar-refractivity contribution in [2.24, 2.45) is 0 Å². The first-order chi connectivity index (χ1) is 9.66. The van der Waals surface area contributed by atoms with Crippen molar-refractivity contribution in [1.82, 2.24) is 4.90 Å². The number of rotatable bonds is 15. The van der Waals surface area contributed by atoms with Gasteiger partial charge in [0.25, 0.3) is 0 Å². The van der Waals surface area contributed by atoms with Crippen LogP contribution in [0.5, 0.6) is 0 Å². The Morgan fingerprint density at radius 2 is 1.15 bits per heavy atom. The predicted octanol–water partition coefficient (Wildman–Crippen LogP) is 3.70. The van der Waals surface area contributed by atoms with Gasteiger partial charge >= 0.3 is 7.12 Å². The molecule has 20 heavy (non-hydrogen) atoms. The van der Waals surface area contributed by atoms with Crippen molar-refractivity contribution >= 4 is 7.12 Å². The number of nitrogens with zero attached hydrogens (tertiary/aromatic N) is 1. The van der Waals surface area contributed by atoms with Crippen LogP contribution in [0, 0.1) is 0 Å². The van der Waals surface area contributed by atoms with Crippen molar-refractivity contribution in [2.75, 3.05) is 20.1 Å². The first kappa shape index (κ1) is 19.9. The molecule has 0 rings (SSSR count). The van der Waals surface area contributed by atoms with E-state index in [1.165, 1.54) is 64.2 Å². The highest BCUT2D eigenvalue weighted by atomic mass is 16.4. The lowest BCUT2D eigenvalue weighted by Gasteiger charge is -2.16. The molecule has 0 saturated heterocycles. The van der Waals surface area contributed by atoms with E-state index < -0.39 is 7.12 Å². The summed E-state index contributed by atoms with van der Waals surface area (Å²) < 4.78 is 0. The molecule has 0 spiro atoms. The van der Waals surface area contributed by atoms with E-state index in [1.54, 1.807) is 0 Å². The molecule has 0 aliphatic heterocycles. The average Bonchev–Trinajstić information content (AvgIpc) is 2.40. The van der Waals surface area contributed by atoms with Gasteiger partial charge in [-0.1, -0.05) is 64.7 Å². The molecular formula is C16H36BNO2. The van der Waals surface area contributed by atoms with Gasteiger partial charge in [0.1, 0.15) is 0 Å². The molecule has 0 aromatic carbocycles. The van der Waals surface area contributed by atoms with Crippen LogP contribution in [0.1, 0.15) is 77.6 Å². The topological polar surface area (TPSA) is 43.7 Å². The van der Waals surface area contributed by atoms with Gasteiger partial charge in [0, 0.05) is 0 Å². The zero-order chi connectivity index (χ0) is 15.1. The zero-order valence-electron chi connectivity index (χ0n) is 13.8. The molecule has 0 atom stereocenters. The van der Waals surface area contributed by atoms with Crippen LogP contribution in [0.15, 0.2) is 0 Å². The van der Waals surface area contributed by atoms with Crippen molar-refractivity contribution in [3.63, 3.8) is 0 Å². The third-order valence-corrected chi connectivity index (χ3v) is 3.90. The second-order valence-corrected chi connectivity index (χ2v) is 6.11. The molecule has 0 aromatic rings. The van der Waals surface area contributed by atoms with Crippen molar-refractivity contribution in [3.05, 3.63) is 0 Å². The molecule has 0 bridgehead atoms. The lowest BCUT2D eigenvalue weighted by Crippen LogP contribution is -2.22. The van der Waals surface area contributed by atoms with E-state index in [4.69, 9.17) is 10.0 Å². The Balaban J connectivity index is 3.11. The van der Waals surface area contributed by atoms with Crippen molar-refractivity contribution < 1.29 is 10.0 Å². The maximum Gasteiger partial charge on any atom is 0.451 e. The van der Waals surface area contributed by atoms with Gasteiger partial charge < -0.3 is 14.9 Å². The van der Waals surface area contributed by atoms with Gasteiger partial charge in [-0.3, -0.25) is 0 Å². The summed E-state index contributed by atoms with van der Waals surface area (Å²) in [5.74, 6) is 0. The van der Waals surface area contributed by atoms with Gasteiger partial charge in [0.15, 0.2) is 0 Å². The Labute approximate surface area is 126 Å². The largest absolute Gasteiger partial charge is 0.451 e. The van der Waals surface area contributed by atoms with Crippen LogP contribution in [-0.2, 0) is 0 Å². The molecule has 120 valence electrons. The van der Waals surface area contributed by atoms with Gasteiger partial charge in [0.05, 0.1) is 0 Å². The monoisotopic (exact) mass is 285 g/mol. The lowest BCUT2D eigenvalue weighted by molar-refractivity contribution is 0.318. The molecule has 0 unspecified atom stereocenters. The normalized spacial score (nSPS) is 11.2. The van der Waals surface area contributed by atoms with Gasteiger partial charge in [-0.2, -0.15) is 0 Å². The Morgan fingerprint density at radius 1 is 0.700 bits per heavy atom. The van der Waals surface area contributed by atoms with E-state index in [0.29, 0.717) is 6.32 Å². The zero-order valence-corrected chi connectivity index (χ0v) is 13.8. The standard InChI is InChI=1S/C16H36BNO2/c1-3-4-5-6-7-8-9-10-11-12-15-18(2)16-13-14-17(19)20/h19-20H,3-16H2,1-2H3. The van der Waals surface area contributed by atoms with Crippen LogP contribution in [0.4, 0.5) is 0 Å². The summed E-state index contributed by atoms with van der Waals surface area (Å²) in [6.45, 7) is 4.37. The molecular weight excluding hydrogens is 249 g/mol. The molecule has 0 radical (unpaired) electrons. The number of hydrogen-bond acceptors (Lipinski definition) is 3. The average molecular weight is 285 g/mol. The third kappa shape index (κ3) is 16.0. The van der Waals surface area contributed by atoms with E-state index in [0.717, 1.165) is 19.5 Å². The first-order valence-electron chi connectivity index (χ1n) is 8.71. The van der Waals surface area contributed by atoms with Gasteiger partial charge in [0.2, 0.25) is 0 Å². The predicted molar refractivity (Wildman–Crippen MR) is 89.0 cm³/mol. The van der Waals surface area contributed by atoms with Crippen LogP contribution in [0.25, 0.3) is 0 Å². The molecule has 0 aliphatic rings. The summed E-state index contributed by atoms with van der Waals surface area (Å²) in [6.07, 6.45) is 15.1. The maximum atomic E-state index is 8.77. The number of hydrogen-bond donors (Lipinski definition) is 2. The molecule has 0 saturated carbocycles. The fraction of sp³-hybridized carbons (Fsp3) is 1.00. The minimum absolute atomic E-state index is 0.488. The third-order valence-electron chi connectivity index (χ3n) is 3.90.